The van der Waals surface area contributed by atoms with Crippen LogP contribution in [0.15, 0.2) is 68.0 Å². The third kappa shape index (κ3) is 4.90. The Labute approximate surface area is 224 Å². The number of allylic oxidation sites excluding steroid dienone is 2. The molecule has 0 bridgehead atoms. The SMILES string of the molecule is C=C/C=C(\c1cc(-c2[nH]nc3ncc(-c4cncc(CN5CCC(F)(F)C5)c4)cc23)[nH]c1C)n1cnc(C)c1. The highest BCUT2D eigenvalue weighted by atomic mass is 19.3. The van der Waals surface area contributed by atoms with Crippen molar-refractivity contribution in [3.63, 3.8) is 0 Å². The number of alkyl halides is 2. The van der Waals surface area contributed by atoms with Crippen molar-refractivity contribution in [3.8, 4) is 22.5 Å². The van der Waals surface area contributed by atoms with Gasteiger partial charge in [0.05, 0.1) is 35.7 Å². The lowest BCUT2D eigenvalue weighted by molar-refractivity contribution is 0.0115. The van der Waals surface area contributed by atoms with Crippen LogP contribution in [0.2, 0.25) is 0 Å². The molecule has 0 spiro atoms. The van der Waals surface area contributed by atoms with Crippen molar-refractivity contribution in [3.05, 3.63) is 90.6 Å². The molecule has 6 heterocycles. The fourth-order valence-electron chi connectivity index (χ4n) is 5.13. The maximum absolute atomic E-state index is 13.6. The largest absolute Gasteiger partial charge is 0.357 e. The van der Waals surface area contributed by atoms with Crippen molar-refractivity contribution < 1.29 is 8.78 Å². The van der Waals surface area contributed by atoms with E-state index in [1.54, 1.807) is 35.9 Å². The summed E-state index contributed by atoms with van der Waals surface area (Å²) in [5.41, 5.74) is 8.79. The lowest BCUT2D eigenvalue weighted by Gasteiger charge is -2.15. The Bertz CT molecular complexity index is 1710. The van der Waals surface area contributed by atoms with Gasteiger partial charge in [-0.05, 0) is 43.7 Å². The standard InChI is InChI=1S/C29H28F2N8/c1-4-5-26(39-14-18(2)34-17-39)23-10-25(35-19(23)3)27-24-9-22(13-33-28(24)37-36-27)21-8-20(11-32-12-21)15-38-7-6-29(30,31)16-38/h4-5,8-14,17,35H,1,6-7,15-16H2,2-3H3,(H,33,36,37)/b26-5+. The topological polar surface area (TPSA) is 91.3 Å². The van der Waals surface area contributed by atoms with Gasteiger partial charge in [0, 0.05) is 72.1 Å². The number of aromatic amines is 2. The van der Waals surface area contributed by atoms with E-state index in [0.29, 0.717) is 18.7 Å². The number of hydrogen-bond donors (Lipinski definition) is 2. The van der Waals surface area contributed by atoms with Gasteiger partial charge < -0.3 is 9.55 Å². The molecule has 10 heteroatoms. The van der Waals surface area contributed by atoms with Crippen molar-refractivity contribution in [1.82, 2.24) is 39.6 Å². The number of fused-ring (bicyclic) bond motifs is 1. The summed E-state index contributed by atoms with van der Waals surface area (Å²) in [7, 11) is 0. The van der Waals surface area contributed by atoms with Gasteiger partial charge in [0.2, 0.25) is 0 Å². The fourth-order valence-corrected chi connectivity index (χ4v) is 5.13. The summed E-state index contributed by atoms with van der Waals surface area (Å²) in [4.78, 5) is 18.6. The van der Waals surface area contributed by atoms with Crippen molar-refractivity contribution in [2.24, 2.45) is 0 Å². The molecule has 5 aromatic rings. The normalized spacial score (nSPS) is 15.8. The second kappa shape index (κ2) is 9.70. The van der Waals surface area contributed by atoms with Crippen molar-refractivity contribution in [1.29, 1.82) is 0 Å². The Morgan fingerprint density at radius 3 is 2.72 bits per heavy atom. The Hall–Kier alpha value is -4.44. The Balaban J connectivity index is 1.33. The average Bonchev–Trinajstić information content (AvgIpc) is 3.69. The Morgan fingerprint density at radius 2 is 1.97 bits per heavy atom. The van der Waals surface area contributed by atoms with Crippen molar-refractivity contribution in [2.75, 3.05) is 13.1 Å². The van der Waals surface area contributed by atoms with Gasteiger partial charge in [-0.2, -0.15) is 5.10 Å². The number of rotatable bonds is 7. The number of nitrogens with zero attached hydrogens (tertiary/aromatic N) is 6. The lowest BCUT2D eigenvalue weighted by atomic mass is 10.1. The molecule has 198 valence electrons. The van der Waals surface area contributed by atoms with E-state index < -0.39 is 5.92 Å². The fraction of sp³-hybridized carbons (Fsp3) is 0.241. The summed E-state index contributed by atoms with van der Waals surface area (Å²) >= 11 is 0. The van der Waals surface area contributed by atoms with Crippen LogP contribution in [0, 0.1) is 13.8 Å². The zero-order chi connectivity index (χ0) is 27.1. The summed E-state index contributed by atoms with van der Waals surface area (Å²) in [6.45, 7) is 8.45. The molecule has 1 aliphatic heterocycles. The van der Waals surface area contributed by atoms with Crippen LogP contribution >= 0.6 is 0 Å². The average molecular weight is 527 g/mol. The van der Waals surface area contributed by atoms with E-state index >= 15 is 0 Å². The molecule has 0 aromatic carbocycles. The predicted molar refractivity (Wildman–Crippen MR) is 147 cm³/mol. The Kier molecular flexibility index (Phi) is 6.19. The molecule has 6 rings (SSSR count). The van der Waals surface area contributed by atoms with Crippen LogP contribution < -0.4 is 0 Å². The van der Waals surface area contributed by atoms with E-state index in [-0.39, 0.29) is 13.0 Å². The lowest BCUT2D eigenvalue weighted by Crippen LogP contribution is -2.24. The summed E-state index contributed by atoms with van der Waals surface area (Å²) in [6, 6.07) is 6.09. The van der Waals surface area contributed by atoms with Crippen LogP contribution in [-0.2, 0) is 6.54 Å². The number of imidazole rings is 1. The van der Waals surface area contributed by atoms with Crippen LogP contribution in [0.3, 0.4) is 0 Å². The van der Waals surface area contributed by atoms with Crippen LogP contribution in [0.1, 0.15) is 28.9 Å². The number of aryl methyl sites for hydroxylation is 2. The number of halogens is 2. The smallest absolute Gasteiger partial charge is 0.261 e. The molecule has 0 saturated carbocycles. The molecule has 1 fully saturated rings. The number of H-pyrrole nitrogens is 2. The molecular formula is C29H28F2N8. The minimum atomic E-state index is -2.62. The first kappa shape index (κ1) is 24.9. The predicted octanol–water partition coefficient (Wildman–Crippen LogP) is 5.74. The highest BCUT2D eigenvalue weighted by Gasteiger charge is 2.37. The van der Waals surface area contributed by atoms with Gasteiger partial charge in [-0.15, -0.1) is 0 Å². The molecule has 1 aliphatic rings. The summed E-state index contributed by atoms with van der Waals surface area (Å²) in [5.74, 6) is -2.62. The molecule has 5 aromatic heterocycles. The number of hydrogen-bond acceptors (Lipinski definition) is 5. The minimum Gasteiger partial charge on any atom is -0.357 e. The van der Waals surface area contributed by atoms with E-state index in [2.05, 4.69) is 42.8 Å². The van der Waals surface area contributed by atoms with E-state index in [0.717, 1.165) is 56.1 Å². The van der Waals surface area contributed by atoms with Gasteiger partial charge in [-0.1, -0.05) is 12.7 Å². The van der Waals surface area contributed by atoms with Gasteiger partial charge >= 0.3 is 0 Å². The highest BCUT2D eigenvalue weighted by Crippen LogP contribution is 2.33. The van der Waals surface area contributed by atoms with Crippen LogP contribution in [0.4, 0.5) is 8.78 Å². The van der Waals surface area contributed by atoms with Crippen LogP contribution in [-0.4, -0.2) is 58.6 Å². The molecule has 8 nitrogen and oxygen atoms in total. The maximum atomic E-state index is 13.6. The third-order valence-corrected chi connectivity index (χ3v) is 7.02. The first-order valence-corrected chi connectivity index (χ1v) is 12.7. The number of pyridine rings is 2. The molecule has 39 heavy (non-hydrogen) atoms. The third-order valence-electron chi connectivity index (χ3n) is 7.02. The molecule has 1 saturated heterocycles. The summed E-state index contributed by atoms with van der Waals surface area (Å²) < 4.78 is 29.3. The maximum Gasteiger partial charge on any atom is 0.261 e. The molecular weight excluding hydrogens is 498 g/mol. The second-order valence-corrected chi connectivity index (χ2v) is 10.0. The quantitative estimate of drug-likeness (QED) is 0.264. The molecule has 0 unspecified atom stereocenters. The molecule has 0 radical (unpaired) electrons. The summed E-state index contributed by atoms with van der Waals surface area (Å²) in [6.07, 6.45) is 12.6. The second-order valence-electron chi connectivity index (χ2n) is 10.0. The summed E-state index contributed by atoms with van der Waals surface area (Å²) in [5, 5.41) is 8.41. The van der Waals surface area contributed by atoms with Crippen LogP contribution in [0.25, 0.3) is 39.2 Å². The number of aromatic nitrogens is 7. The van der Waals surface area contributed by atoms with Gasteiger partial charge in [-0.25, -0.2) is 18.7 Å². The monoisotopic (exact) mass is 526 g/mol. The van der Waals surface area contributed by atoms with Gasteiger partial charge in [0.25, 0.3) is 5.92 Å². The number of nitrogens with one attached hydrogen (secondary N) is 2. The molecule has 0 atom stereocenters. The molecule has 2 N–H and O–H groups in total. The van der Waals surface area contributed by atoms with Gasteiger partial charge in [-0.3, -0.25) is 15.0 Å². The number of likely N-dealkylation sites (tertiary alicyclic amines) is 1. The van der Waals surface area contributed by atoms with E-state index in [4.69, 9.17) is 0 Å². The van der Waals surface area contributed by atoms with Crippen LogP contribution in [0.5, 0.6) is 0 Å². The van der Waals surface area contributed by atoms with E-state index in [1.807, 2.05) is 42.8 Å². The highest BCUT2D eigenvalue weighted by molar-refractivity contribution is 5.93. The molecule has 0 amide bonds. The van der Waals surface area contributed by atoms with Crippen molar-refractivity contribution >= 4 is 16.7 Å². The minimum absolute atomic E-state index is 0.100. The van der Waals surface area contributed by atoms with Crippen molar-refractivity contribution in [2.45, 2.75) is 32.7 Å². The van der Waals surface area contributed by atoms with E-state index in [1.165, 1.54) is 0 Å². The zero-order valence-corrected chi connectivity index (χ0v) is 21.7. The zero-order valence-electron chi connectivity index (χ0n) is 21.7. The van der Waals surface area contributed by atoms with Gasteiger partial charge in [0.1, 0.15) is 0 Å². The first-order chi connectivity index (χ1) is 18.8. The van der Waals surface area contributed by atoms with E-state index in [9.17, 15) is 8.78 Å². The molecule has 0 aliphatic carbocycles. The Morgan fingerprint density at radius 1 is 1.13 bits per heavy atom. The first-order valence-electron chi connectivity index (χ1n) is 12.7. The van der Waals surface area contributed by atoms with Gasteiger partial charge in [0.15, 0.2) is 5.65 Å².